The highest BCUT2D eigenvalue weighted by Gasteiger charge is 2.12. The van der Waals surface area contributed by atoms with Crippen LogP contribution in [0.25, 0.3) is 0 Å². The Bertz CT molecular complexity index is 94.8. The third kappa shape index (κ3) is 6.28. The lowest BCUT2D eigenvalue weighted by atomic mass is 10.3. The van der Waals surface area contributed by atoms with Crippen LogP contribution in [0.3, 0.4) is 0 Å². The van der Waals surface area contributed by atoms with Crippen LogP contribution in [0.5, 0.6) is 0 Å². The Morgan fingerprint density at radius 2 is 1.55 bits per heavy atom. The zero-order chi connectivity index (χ0) is 8.91. The molecule has 0 aliphatic carbocycles. The molecular weight excluding hydrogens is 142 g/mol. The standard InChI is InChI=1S/C8H20NO2/c1-9(2,3)7-6-8(10-4)11-5/h8H,6-7H2,1-5H3/q+1. The van der Waals surface area contributed by atoms with Crippen molar-refractivity contribution in [3.63, 3.8) is 0 Å². The maximum absolute atomic E-state index is 5.06. The monoisotopic (exact) mass is 162 g/mol. The van der Waals surface area contributed by atoms with Crippen LogP contribution in [0, 0.1) is 0 Å². The predicted octanol–water partition coefficient (Wildman–Crippen LogP) is 0.702. The molecule has 0 fully saturated rings. The van der Waals surface area contributed by atoms with E-state index in [4.69, 9.17) is 9.47 Å². The van der Waals surface area contributed by atoms with E-state index in [2.05, 4.69) is 21.1 Å². The number of hydrogen-bond donors (Lipinski definition) is 0. The molecule has 0 spiro atoms. The van der Waals surface area contributed by atoms with Crippen molar-refractivity contribution in [2.24, 2.45) is 0 Å². The van der Waals surface area contributed by atoms with E-state index in [0.29, 0.717) is 0 Å². The van der Waals surface area contributed by atoms with Crippen LogP contribution in [0.4, 0.5) is 0 Å². The smallest absolute Gasteiger partial charge is 0.162 e. The summed E-state index contributed by atoms with van der Waals surface area (Å²) in [6.45, 7) is 1.06. The van der Waals surface area contributed by atoms with Crippen LogP contribution in [0.2, 0.25) is 0 Å². The van der Waals surface area contributed by atoms with Gasteiger partial charge in [-0.15, -0.1) is 0 Å². The summed E-state index contributed by atoms with van der Waals surface area (Å²) >= 11 is 0. The Kier molecular flexibility index (Phi) is 4.65. The summed E-state index contributed by atoms with van der Waals surface area (Å²) in [5.74, 6) is 0. The molecule has 3 heteroatoms. The van der Waals surface area contributed by atoms with Gasteiger partial charge in [-0.25, -0.2) is 0 Å². The Hall–Kier alpha value is -0.120. The lowest BCUT2D eigenvalue weighted by Gasteiger charge is -2.25. The van der Waals surface area contributed by atoms with Crippen LogP contribution in [0.1, 0.15) is 6.42 Å². The van der Waals surface area contributed by atoms with Crippen molar-refractivity contribution in [3.8, 4) is 0 Å². The molecule has 3 nitrogen and oxygen atoms in total. The molecule has 0 aliphatic rings. The van der Waals surface area contributed by atoms with Crippen LogP contribution in [-0.2, 0) is 9.47 Å². The molecule has 0 N–H and O–H groups in total. The summed E-state index contributed by atoms with van der Waals surface area (Å²) in [6, 6.07) is 0. The Morgan fingerprint density at radius 3 is 1.82 bits per heavy atom. The molecule has 0 bridgehead atoms. The lowest BCUT2D eigenvalue weighted by Crippen LogP contribution is -2.37. The number of quaternary nitrogens is 1. The van der Waals surface area contributed by atoms with Gasteiger partial charge >= 0.3 is 0 Å². The van der Waals surface area contributed by atoms with Crippen LogP contribution < -0.4 is 0 Å². The van der Waals surface area contributed by atoms with Gasteiger partial charge in [-0.1, -0.05) is 0 Å². The quantitative estimate of drug-likeness (QED) is 0.437. The second-order valence-electron chi connectivity index (χ2n) is 3.70. The largest absolute Gasteiger partial charge is 0.356 e. The molecule has 0 heterocycles. The minimum atomic E-state index is -0.0488. The van der Waals surface area contributed by atoms with E-state index in [1.807, 2.05) is 0 Å². The van der Waals surface area contributed by atoms with Crippen molar-refractivity contribution in [1.82, 2.24) is 0 Å². The second kappa shape index (κ2) is 4.70. The lowest BCUT2D eigenvalue weighted by molar-refractivity contribution is -0.871. The first-order chi connectivity index (χ1) is 4.99. The molecule has 11 heavy (non-hydrogen) atoms. The van der Waals surface area contributed by atoms with Crippen molar-refractivity contribution in [2.45, 2.75) is 12.7 Å². The zero-order valence-electron chi connectivity index (χ0n) is 8.26. The molecular formula is C8H20NO2+. The molecule has 0 saturated carbocycles. The number of rotatable bonds is 5. The summed E-state index contributed by atoms with van der Waals surface area (Å²) in [4.78, 5) is 0. The molecule has 0 radical (unpaired) electrons. The molecule has 0 aromatic carbocycles. The Labute approximate surface area is 69.5 Å². The molecule has 0 saturated heterocycles. The van der Waals surface area contributed by atoms with Gasteiger partial charge in [0.1, 0.15) is 0 Å². The normalized spacial score (nSPS) is 12.5. The number of ether oxygens (including phenoxy) is 2. The van der Waals surface area contributed by atoms with E-state index in [1.165, 1.54) is 0 Å². The molecule has 0 aliphatic heterocycles. The minimum absolute atomic E-state index is 0.0488. The molecule has 0 unspecified atom stereocenters. The molecule has 0 atom stereocenters. The highest BCUT2D eigenvalue weighted by Crippen LogP contribution is 2.01. The highest BCUT2D eigenvalue weighted by atomic mass is 16.7. The van der Waals surface area contributed by atoms with E-state index in [-0.39, 0.29) is 6.29 Å². The second-order valence-corrected chi connectivity index (χ2v) is 3.70. The van der Waals surface area contributed by atoms with Crippen molar-refractivity contribution in [1.29, 1.82) is 0 Å². The van der Waals surface area contributed by atoms with Crippen molar-refractivity contribution < 1.29 is 14.0 Å². The van der Waals surface area contributed by atoms with Crippen LogP contribution in [-0.4, -0.2) is 52.7 Å². The van der Waals surface area contributed by atoms with E-state index < -0.39 is 0 Å². The van der Waals surface area contributed by atoms with Gasteiger partial charge in [0, 0.05) is 20.6 Å². The average molecular weight is 162 g/mol. The van der Waals surface area contributed by atoms with Gasteiger partial charge in [-0.3, -0.25) is 0 Å². The van der Waals surface area contributed by atoms with E-state index in [0.717, 1.165) is 17.4 Å². The van der Waals surface area contributed by atoms with Crippen LogP contribution >= 0.6 is 0 Å². The first-order valence-electron chi connectivity index (χ1n) is 3.85. The summed E-state index contributed by atoms with van der Waals surface area (Å²) < 4.78 is 11.1. The SMILES string of the molecule is COC(CC[N+](C)(C)C)OC. The molecule has 0 amide bonds. The predicted molar refractivity (Wildman–Crippen MR) is 45.3 cm³/mol. The van der Waals surface area contributed by atoms with E-state index in [9.17, 15) is 0 Å². The van der Waals surface area contributed by atoms with Gasteiger partial charge < -0.3 is 14.0 Å². The number of hydrogen-bond acceptors (Lipinski definition) is 2. The fraction of sp³-hybridized carbons (Fsp3) is 1.00. The minimum Gasteiger partial charge on any atom is -0.356 e. The maximum Gasteiger partial charge on any atom is 0.162 e. The van der Waals surface area contributed by atoms with Gasteiger partial charge in [-0.2, -0.15) is 0 Å². The molecule has 0 aromatic heterocycles. The van der Waals surface area contributed by atoms with Crippen molar-refractivity contribution >= 4 is 0 Å². The van der Waals surface area contributed by atoms with E-state index >= 15 is 0 Å². The third-order valence-corrected chi connectivity index (χ3v) is 1.56. The van der Waals surface area contributed by atoms with Gasteiger partial charge in [0.25, 0.3) is 0 Å². The highest BCUT2D eigenvalue weighted by molar-refractivity contribution is 4.40. The third-order valence-electron chi connectivity index (χ3n) is 1.56. The topological polar surface area (TPSA) is 18.5 Å². The molecule has 0 aromatic rings. The van der Waals surface area contributed by atoms with E-state index in [1.54, 1.807) is 14.2 Å². The zero-order valence-corrected chi connectivity index (χ0v) is 8.26. The molecule has 68 valence electrons. The Balaban J connectivity index is 3.51. The fourth-order valence-corrected chi connectivity index (χ4v) is 0.825. The average Bonchev–Trinajstić information content (AvgIpc) is 1.88. The maximum atomic E-state index is 5.06. The summed E-state index contributed by atoms with van der Waals surface area (Å²) in [5, 5.41) is 0. The fourth-order valence-electron chi connectivity index (χ4n) is 0.825. The first-order valence-corrected chi connectivity index (χ1v) is 3.85. The van der Waals surface area contributed by atoms with Gasteiger partial charge in [0.05, 0.1) is 27.7 Å². The van der Waals surface area contributed by atoms with Crippen molar-refractivity contribution in [3.05, 3.63) is 0 Å². The Morgan fingerprint density at radius 1 is 1.09 bits per heavy atom. The molecule has 0 rings (SSSR count). The van der Waals surface area contributed by atoms with Gasteiger partial charge in [0.15, 0.2) is 6.29 Å². The van der Waals surface area contributed by atoms with Crippen molar-refractivity contribution in [2.75, 3.05) is 41.9 Å². The summed E-state index contributed by atoms with van der Waals surface area (Å²) in [5.41, 5.74) is 0. The van der Waals surface area contributed by atoms with Crippen LogP contribution in [0.15, 0.2) is 0 Å². The van der Waals surface area contributed by atoms with Gasteiger partial charge in [0.2, 0.25) is 0 Å². The number of methoxy groups -OCH3 is 2. The summed E-state index contributed by atoms with van der Waals surface area (Å²) in [6.07, 6.45) is 0.892. The number of nitrogens with zero attached hydrogens (tertiary/aromatic N) is 1. The first kappa shape index (κ1) is 10.9. The van der Waals surface area contributed by atoms with Gasteiger partial charge in [-0.05, 0) is 0 Å². The summed E-state index contributed by atoms with van der Waals surface area (Å²) in [7, 11) is 9.81.